The van der Waals surface area contributed by atoms with Crippen molar-refractivity contribution in [3.05, 3.63) is 23.8 Å². The quantitative estimate of drug-likeness (QED) is 0.756. The van der Waals surface area contributed by atoms with Crippen LogP contribution in [0.3, 0.4) is 0 Å². The van der Waals surface area contributed by atoms with Gasteiger partial charge >= 0.3 is 0 Å². The minimum absolute atomic E-state index is 0.282. The zero-order valence-electron chi connectivity index (χ0n) is 9.57. The molecule has 1 unspecified atom stereocenters. The molecule has 0 spiro atoms. The van der Waals surface area contributed by atoms with Gasteiger partial charge < -0.3 is 10.4 Å². The molecule has 0 bridgehead atoms. The molecule has 0 aliphatic carbocycles. The molecule has 4 nitrogen and oxygen atoms in total. The maximum Gasteiger partial charge on any atom is 0.125 e. The molecule has 1 aromatic rings. The first-order valence-corrected chi connectivity index (χ1v) is 5.27. The van der Waals surface area contributed by atoms with E-state index in [-0.39, 0.29) is 12.0 Å². The van der Waals surface area contributed by atoms with Crippen LogP contribution in [-0.2, 0) is 6.54 Å². The molecule has 84 valence electrons. The lowest BCUT2D eigenvalue weighted by Crippen LogP contribution is -2.30. The number of aryl methyl sites for hydroxylation is 1. The molecular weight excluding hydrogens is 190 g/mol. The Bertz CT molecular complexity index is 302. The summed E-state index contributed by atoms with van der Waals surface area (Å²) in [4.78, 5) is 8.28. The highest BCUT2D eigenvalue weighted by Gasteiger charge is 2.07. The fraction of sp³-hybridized carbons (Fsp3) is 0.636. The molecule has 0 saturated heterocycles. The van der Waals surface area contributed by atoms with Gasteiger partial charge in [0.25, 0.3) is 0 Å². The maximum absolute atomic E-state index is 9.56. The minimum Gasteiger partial charge on any atom is -0.392 e. The van der Waals surface area contributed by atoms with Crippen molar-refractivity contribution in [1.29, 1.82) is 0 Å². The van der Waals surface area contributed by atoms with Gasteiger partial charge in [-0.2, -0.15) is 0 Å². The number of hydrogen-bond acceptors (Lipinski definition) is 4. The van der Waals surface area contributed by atoms with E-state index in [0.717, 1.165) is 11.5 Å². The van der Waals surface area contributed by atoms with Gasteiger partial charge in [0.1, 0.15) is 5.82 Å². The molecule has 0 aliphatic heterocycles. The number of aromatic nitrogens is 2. The Labute approximate surface area is 90.8 Å². The van der Waals surface area contributed by atoms with Crippen molar-refractivity contribution in [2.24, 2.45) is 5.92 Å². The molecule has 0 aliphatic rings. The van der Waals surface area contributed by atoms with Crippen LogP contribution < -0.4 is 5.32 Å². The summed E-state index contributed by atoms with van der Waals surface area (Å²) in [6.45, 7) is 7.14. The molecule has 1 rings (SSSR count). The van der Waals surface area contributed by atoms with Gasteiger partial charge in [-0.05, 0) is 18.9 Å². The zero-order chi connectivity index (χ0) is 11.3. The number of aliphatic hydroxyl groups is 1. The molecule has 15 heavy (non-hydrogen) atoms. The fourth-order valence-corrected chi connectivity index (χ4v) is 1.19. The summed E-state index contributed by atoms with van der Waals surface area (Å²) in [5.74, 6) is 1.06. The van der Waals surface area contributed by atoms with Gasteiger partial charge in [0.2, 0.25) is 0 Å². The highest BCUT2D eigenvalue weighted by Crippen LogP contribution is 2.00. The van der Waals surface area contributed by atoms with E-state index < -0.39 is 0 Å². The van der Waals surface area contributed by atoms with Crippen LogP contribution in [0.5, 0.6) is 0 Å². The Morgan fingerprint density at radius 1 is 1.47 bits per heavy atom. The molecule has 0 radical (unpaired) electrons. The Kier molecular flexibility index (Phi) is 4.65. The largest absolute Gasteiger partial charge is 0.392 e. The van der Waals surface area contributed by atoms with Crippen LogP contribution in [0.1, 0.15) is 25.4 Å². The summed E-state index contributed by atoms with van der Waals surface area (Å²) in [7, 11) is 0. The molecule has 0 amide bonds. The average Bonchev–Trinajstić information content (AvgIpc) is 2.17. The molecule has 0 saturated carbocycles. The van der Waals surface area contributed by atoms with E-state index in [2.05, 4.69) is 15.3 Å². The lowest BCUT2D eigenvalue weighted by molar-refractivity contribution is 0.123. The van der Waals surface area contributed by atoms with Gasteiger partial charge in [-0.3, -0.25) is 0 Å². The second-order valence-corrected chi connectivity index (χ2v) is 4.04. The summed E-state index contributed by atoms with van der Waals surface area (Å²) >= 11 is 0. The lowest BCUT2D eigenvalue weighted by atomic mass is 10.1. The smallest absolute Gasteiger partial charge is 0.125 e. The third kappa shape index (κ3) is 4.36. The second-order valence-electron chi connectivity index (χ2n) is 4.04. The van der Waals surface area contributed by atoms with Crippen LogP contribution >= 0.6 is 0 Å². The van der Waals surface area contributed by atoms with Gasteiger partial charge in [0.05, 0.1) is 11.8 Å². The van der Waals surface area contributed by atoms with Crippen molar-refractivity contribution >= 4 is 0 Å². The van der Waals surface area contributed by atoms with Crippen molar-refractivity contribution < 1.29 is 5.11 Å². The standard InChI is InChI=1S/C11H19N3O/c1-8(2)11(15)7-12-6-10-4-5-13-9(3)14-10/h4-5,8,11-12,15H,6-7H2,1-3H3. The van der Waals surface area contributed by atoms with Crippen molar-refractivity contribution in [3.63, 3.8) is 0 Å². The first-order chi connectivity index (χ1) is 7.09. The molecule has 0 fully saturated rings. The van der Waals surface area contributed by atoms with Gasteiger partial charge in [-0.25, -0.2) is 9.97 Å². The second kappa shape index (κ2) is 5.78. The fourth-order valence-electron chi connectivity index (χ4n) is 1.19. The molecule has 4 heteroatoms. The highest BCUT2D eigenvalue weighted by atomic mass is 16.3. The molecule has 1 atom stereocenters. The first-order valence-electron chi connectivity index (χ1n) is 5.27. The van der Waals surface area contributed by atoms with Crippen LogP contribution in [0.2, 0.25) is 0 Å². The normalized spacial score (nSPS) is 13.1. The van der Waals surface area contributed by atoms with Crippen molar-refractivity contribution in [1.82, 2.24) is 15.3 Å². The van der Waals surface area contributed by atoms with Crippen molar-refractivity contribution in [2.75, 3.05) is 6.54 Å². The van der Waals surface area contributed by atoms with Crippen molar-refractivity contribution in [3.8, 4) is 0 Å². The summed E-state index contributed by atoms with van der Waals surface area (Å²) < 4.78 is 0. The summed E-state index contributed by atoms with van der Waals surface area (Å²) in [6.07, 6.45) is 1.45. The first kappa shape index (κ1) is 12.1. The van der Waals surface area contributed by atoms with Crippen LogP contribution in [-0.4, -0.2) is 27.7 Å². The minimum atomic E-state index is -0.298. The van der Waals surface area contributed by atoms with Gasteiger partial charge in [0.15, 0.2) is 0 Å². The Hall–Kier alpha value is -1.00. The SMILES string of the molecule is Cc1nccc(CNCC(O)C(C)C)n1. The van der Waals surface area contributed by atoms with E-state index in [1.54, 1.807) is 6.20 Å². The zero-order valence-corrected chi connectivity index (χ0v) is 9.57. The summed E-state index contributed by atoms with van der Waals surface area (Å²) in [5.41, 5.74) is 0.957. The topological polar surface area (TPSA) is 58.0 Å². The van der Waals surface area contributed by atoms with Gasteiger partial charge in [-0.15, -0.1) is 0 Å². The third-order valence-corrected chi connectivity index (χ3v) is 2.26. The molecule has 2 N–H and O–H groups in total. The lowest BCUT2D eigenvalue weighted by Gasteiger charge is -2.14. The van der Waals surface area contributed by atoms with Gasteiger partial charge in [0, 0.05) is 19.3 Å². The Balaban J connectivity index is 2.32. The highest BCUT2D eigenvalue weighted by molar-refractivity contribution is 5.00. The maximum atomic E-state index is 9.56. The Morgan fingerprint density at radius 2 is 2.20 bits per heavy atom. The molecule has 1 heterocycles. The molecule has 1 aromatic heterocycles. The number of aliphatic hydroxyl groups excluding tert-OH is 1. The number of rotatable bonds is 5. The van der Waals surface area contributed by atoms with Crippen LogP contribution in [0, 0.1) is 12.8 Å². The third-order valence-electron chi connectivity index (χ3n) is 2.26. The number of nitrogens with zero attached hydrogens (tertiary/aromatic N) is 2. The van der Waals surface area contributed by atoms with E-state index in [0.29, 0.717) is 13.1 Å². The van der Waals surface area contributed by atoms with Crippen molar-refractivity contribution in [2.45, 2.75) is 33.4 Å². The number of nitrogens with one attached hydrogen (secondary N) is 1. The van der Waals surface area contributed by atoms with E-state index >= 15 is 0 Å². The monoisotopic (exact) mass is 209 g/mol. The predicted molar refractivity (Wildman–Crippen MR) is 59.3 cm³/mol. The van der Waals surface area contributed by atoms with E-state index in [4.69, 9.17) is 0 Å². The van der Waals surface area contributed by atoms with E-state index in [1.165, 1.54) is 0 Å². The average molecular weight is 209 g/mol. The van der Waals surface area contributed by atoms with Crippen LogP contribution in [0.25, 0.3) is 0 Å². The Morgan fingerprint density at radius 3 is 2.80 bits per heavy atom. The summed E-state index contributed by atoms with van der Waals surface area (Å²) in [6, 6.07) is 1.88. The van der Waals surface area contributed by atoms with Crippen LogP contribution in [0.4, 0.5) is 0 Å². The van der Waals surface area contributed by atoms with E-state index in [1.807, 2.05) is 26.8 Å². The number of hydrogen-bond donors (Lipinski definition) is 2. The molecular formula is C11H19N3O. The van der Waals surface area contributed by atoms with E-state index in [9.17, 15) is 5.11 Å². The molecule has 0 aromatic carbocycles. The van der Waals surface area contributed by atoms with Crippen LogP contribution in [0.15, 0.2) is 12.3 Å². The summed E-state index contributed by atoms with van der Waals surface area (Å²) in [5, 5.41) is 12.7. The predicted octanol–water partition coefficient (Wildman–Crippen LogP) is 0.892. The van der Waals surface area contributed by atoms with Gasteiger partial charge in [-0.1, -0.05) is 13.8 Å².